The normalized spacial score (nSPS) is 12.1. The molecule has 0 aliphatic heterocycles. The van der Waals surface area contributed by atoms with Crippen LogP contribution in [0.15, 0.2) is 53.5 Å². The molecule has 8 nitrogen and oxygen atoms in total. The molecule has 0 fully saturated rings. The highest BCUT2D eigenvalue weighted by molar-refractivity contribution is 6.03. The topological polar surface area (TPSA) is 106 Å². The van der Waals surface area contributed by atoms with Crippen molar-refractivity contribution in [3.05, 3.63) is 64.7 Å². The van der Waals surface area contributed by atoms with E-state index in [0.717, 1.165) is 0 Å². The molecule has 0 unspecified atom stereocenters. The van der Waals surface area contributed by atoms with Gasteiger partial charge in [0.25, 0.3) is 5.56 Å². The number of amides is 1. The SMILES string of the molecule is CC(C)(C)OC(=O)Nc1ccc(Oc2ccnc3[nH]c(=O)c(C(F)(F)F)nc23)c2ccccc12. The van der Waals surface area contributed by atoms with E-state index in [2.05, 4.69) is 20.3 Å². The van der Waals surface area contributed by atoms with Crippen LogP contribution < -0.4 is 15.6 Å². The molecule has 2 N–H and O–H groups in total. The molecule has 176 valence electrons. The van der Waals surface area contributed by atoms with Crippen molar-refractivity contribution < 1.29 is 27.4 Å². The average molecular weight is 472 g/mol. The molecule has 0 radical (unpaired) electrons. The predicted molar refractivity (Wildman–Crippen MR) is 119 cm³/mol. The van der Waals surface area contributed by atoms with Crippen molar-refractivity contribution in [3.8, 4) is 11.5 Å². The number of nitrogens with one attached hydrogen (secondary N) is 2. The smallest absolute Gasteiger partial charge is 0.438 e. The van der Waals surface area contributed by atoms with Crippen LogP contribution in [0.3, 0.4) is 0 Å². The summed E-state index contributed by atoms with van der Waals surface area (Å²) in [6, 6.07) is 11.5. The number of hydrogen-bond donors (Lipinski definition) is 2. The number of alkyl halides is 3. The zero-order valence-corrected chi connectivity index (χ0v) is 18.3. The van der Waals surface area contributed by atoms with Crippen LogP contribution in [0.1, 0.15) is 26.5 Å². The Bertz CT molecular complexity index is 1460. The van der Waals surface area contributed by atoms with Crippen molar-refractivity contribution in [1.29, 1.82) is 0 Å². The number of halogens is 3. The minimum atomic E-state index is -4.95. The Morgan fingerprint density at radius 3 is 2.38 bits per heavy atom. The second-order valence-corrected chi connectivity index (χ2v) is 8.30. The molecule has 0 saturated heterocycles. The third-order valence-corrected chi connectivity index (χ3v) is 4.57. The van der Waals surface area contributed by atoms with Gasteiger partial charge in [-0.05, 0) is 32.9 Å². The molecule has 0 saturated carbocycles. The predicted octanol–water partition coefficient (Wildman–Crippen LogP) is 5.63. The number of carbonyl (C=O) groups is 1. The monoisotopic (exact) mass is 472 g/mol. The first-order valence-corrected chi connectivity index (χ1v) is 10.1. The van der Waals surface area contributed by atoms with Gasteiger partial charge in [0.15, 0.2) is 11.4 Å². The van der Waals surface area contributed by atoms with Crippen molar-refractivity contribution in [3.63, 3.8) is 0 Å². The molecule has 2 aromatic carbocycles. The zero-order chi connectivity index (χ0) is 24.7. The van der Waals surface area contributed by atoms with E-state index in [1.165, 1.54) is 12.3 Å². The maximum atomic E-state index is 13.2. The summed E-state index contributed by atoms with van der Waals surface area (Å²) in [5, 5.41) is 3.87. The quantitative estimate of drug-likeness (QED) is 0.400. The Kier molecular flexibility index (Phi) is 5.64. The van der Waals surface area contributed by atoms with Gasteiger partial charge in [0, 0.05) is 23.0 Å². The van der Waals surface area contributed by atoms with Crippen molar-refractivity contribution >= 4 is 33.7 Å². The van der Waals surface area contributed by atoms with E-state index in [4.69, 9.17) is 9.47 Å². The molecule has 0 bridgehead atoms. The van der Waals surface area contributed by atoms with Crippen molar-refractivity contribution in [1.82, 2.24) is 15.0 Å². The van der Waals surface area contributed by atoms with Crippen LogP contribution in [0.25, 0.3) is 21.9 Å². The fourth-order valence-corrected chi connectivity index (χ4v) is 3.24. The number of pyridine rings is 1. The van der Waals surface area contributed by atoms with Crippen LogP contribution in [0.2, 0.25) is 0 Å². The Morgan fingerprint density at radius 1 is 1.00 bits per heavy atom. The van der Waals surface area contributed by atoms with Crippen molar-refractivity contribution in [2.45, 2.75) is 32.5 Å². The van der Waals surface area contributed by atoms with Gasteiger partial charge in [0.1, 0.15) is 16.9 Å². The van der Waals surface area contributed by atoms with Gasteiger partial charge in [-0.15, -0.1) is 0 Å². The number of benzene rings is 2. The lowest BCUT2D eigenvalue weighted by Gasteiger charge is -2.20. The van der Waals surface area contributed by atoms with Crippen molar-refractivity contribution in [2.75, 3.05) is 5.32 Å². The fraction of sp³-hybridized carbons (Fsp3) is 0.217. The van der Waals surface area contributed by atoms with Gasteiger partial charge in [0.2, 0.25) is 5.69 Å². The summed E-state index contributed by atoms with van der Waals surface area (Å²) in [5.41, 5.74) is -3.63. The second-order valence-electron chi connectivity index (χ2n) is 8.30. The minimum Gasteiger partial charge on any atom is -0.454 e. The number of ether oxygens (including phenoxy) is 2. The number of fused-ring (bicyclic) bond motifs is 2. The zero-order valence-electron chi connectivity index (χ0n) is 18.3. The molecule has 2 aromatic heterocycles. The Hall–Kier alpha value is -4.15. The van der Waals surface area contributed by atoms with Gasteiger partial charge in [-0.25, -0.2) is 14.8 Å². The molecule has 1 amide bonds. The first-order valence-electron chi connectivity index (χ1n) is 10.1. The molecular weight excluding hydrogens is 453 g/mol. The summed E-state index contributed by atoms with van der Waals surface area (Å²) in [6.45, 7) is 5.23. The molecule has 0 aliphatic carbocycles. The number of anilines is 1. The van der Waals surface area contributed by atoms with Crippen LogP contribution in [0.4, 0.5) is 23.7 Å². The largest absolute Gasteiger partial charge is 0.454 e. The van der Waals surface area contributed by atoms with Crippen LogP contribution >= 0.6 is 0 Å². The number of nitrogens with zero attached hydrogens (tertiary/aromatic N) is 2. The highest BCUT2D eigenvalue weighted by atomic mass is 19.4. The highest BCUT2D eigenvalue weighted by Crippen LogP contribution is 2.36. The molecule has 4 aromatic rings. The van der Waals surface area contributed by atoms with Gasteiger partial charge < -0.3 is 14.5 Å². The Labute approximate surface area is 190 Å². The van der Waals surface area contributed by atoms with Gasteiger partial charge in [-0.2, -0.15) is 13.2 Å². The first-order chi connectivity index (χ1) is 15.9. The minimum absolute atomic E-state index is 0.0373. The summed E-state index contributed by atoms with van der Waals surface area (Å²) in [7, 11) is 0. The molecule has 2 heterocycles. The molecule has 0 atom stereocenters. The van der Waals surface area contributed by atoms with Gasteiger partial charge >= 0.3 is 12.3 Å². The highest BCUT2D eigenvalue weighted by Gasteiger charge is 2.36. The third kappa shape index (κ3) is 4.77. The first kappa shape index (κ1) is 23.0. The maximum absolute atomic E-state index is 13.2. The summed E-state index contributed by atoms with van der Waals surface area (Å²) in [4.78, 5) is 33.5. The van der Waals surface area contributed by atoms with E-state index >= 15 is 0 Å². The van der Waals surface area contributed by atoms with Crippen LogP contribution in [-0.4, -0.2) is 26.6 Å². The van der Waals surface area contributed by atoms with E-state index in [-0.39, 0.29) is 16.9 Å². The van der Waals surface area contributed by atoms with Gasteiger partial charge in [0.05, 0.1) is 5.69 Å². The number of H-pyrrole nitrogens is 1. The third-order valence-electron chi connectivity index (χ3n) is 4.57. The lowest BCUT2D eigenvalue weighted by molar-refractivity contribution is -0.142. The maximum Gasteiger partial charge on any atom is 0.438 e. The molecule has 0 aliphatic rings. The lowest BCUT2D eigenvalue weighted by Crippen LogP contribution is -2.27. The second kappa shape index (κ2) is 8.32. The number of rotatable bonds is 3. The molecule has 0 spiro atoms. The van der Waals surface area contributed by atoms with E-state index in [9.17, 15) is 22.8 Å². The van der Waals surface area contributed by atoms with Crippen molar-refractivity contribution in [2.24, 2.45) is 0 Å². The standard InChI is InChI=1S/C23H19F3N4O4/c1-22(2,3)34-21(32)28-14-8-9-15(13-7-5-4-6-12(13)14)33-16-10-11-27-19-17(16)29-18(20(31)30-19)23(24,25)26/h4-11H,1-3H3,(H,28,32)(H,27,30,31). The number of hydrogen-bond acceptors (Lipinski definition) is 6. The lowest BCUT2D eigenvalue weighted by atomic mass is 10.1. The van der Waals surface area contributed by atoms with E-state index < -0.39 is 29.1 Å². The molecule has 34 heavy (non-hydrogen) atoms. The van der Waals surface area contributed by atoms with E-state index in [1.807, 2.05) is 0 Å². The van der Waals surface area contributed by atoms with E-state index in [0.29, 0.717) is 22.2 Å². The van der Waals surface area contributed by atoms with Crippen LogP contribution in [0.5, 0.6) is 11.5 Å². The van der Waals surface area contributed by atoms with Gasteiger partial charge in [-0.3, -0.25) is 10.1 Å². The summed E-state index contributed by atoms with van der Waals surface area (Å²) in [6.07, 6.45) is -4.31. The van der Waals surface area contributed by atoms with Crippen LogP contribution in [-0.2, 0) is 10.9 Å². The summed E-state index contributed by atoms with van der Waals surface area (Å²) < 4.78 is 50.8. The molecular formula is C23H19F3N4O4. The average Bonchev–Trinajstić information content (AvgIpc) is 2.73. The Morgan fingerprint density at radius 2 is 1.71 bits per heavy atom. The number of aromatic nitrogens is 3. The summed E-state index contributed by atoms with van der Waals surface area (Å²) >= 11 is 0. The number of carbonyl (C=O) groups excluding carboxylic acids is 1. The Balaban J connectivity index is 1.76. The van der Waals surface area contributed by atoms with Crippen LogP contribution in [0, 0.1) is 0 Å². The molecule has 4 rings (SSSR count). The van der Waals surface area contributed by atoms with E-state index in [1.54, 1.807) is 57.2 Å². The van der Waals surface area contributed by atoms with Gasteiger partial charge in [-0.1, -0.05) is 24.3 Å². The summed E-state index contributed by atoms with van der Waals surface area (Å²) in [5.74, 6) is 0.254. The number of aromatic amines is 1. The molecule has 11 heteroatoms. The fourth-order valence-electron chi connectivity index (χ4n) is 3.24.